The van der Waals surface area contributed by atoms with Gasteiger partial charge in [0.25, 0.3) is 5.91 Å². The maximum Gasteiger partial charge on any atom is 0.305 e. The molecule has 0 aromatic heterocycles. The number of carboxylic acids is 1. The van der Waals surface area contributed by atoms with E-state index in [1.54, 1.807) is 18.2 Å². The smallest absolute Gasteiger partial charge is 0.305 e. The molecule has 1 aliphatic rings. The van der Waals surface area contributed by atoms with Crippen LogP contribution in [0, 0.1) is 0 Å². The molecule has 114 valence electrons. The van der Waals surface area contributed by atoms with Crippen LogP contribution >= 0.6 is 27.5 Å². The second kappa shape index (κ2) is 6.77. The Morgan fingerprint density at radius 2 is 2.05 bits per heavy atom. The average Bonchev–Trinajstić information content (AvgIpc) is 2.38. The van der Waals surface area contributed by atoms with E-state index in [4.69, 9.17) is 21.4 Å². The molecule has 0 atom stereocenters. The number of carboxylic acid groups (broad SMARTS) is 1. The van der Waals surface area contributed by atoms with Crippen molar-refractivity contribution in [3.63, 3.8) is 0 Å². The minimum atomic E-state index is -0.945. The molecular weight excluding hydrogens is 362 g/mol. The molecular formula is C14H15BrClNO4. The SMILES string of the molecule is O=C(O)CC1(NC(=O)c2ccc(Br)cc2Cl)CCOCC1. The maximum atomic E-state index is 12.4. The lowest BCUT2D eigenvalue weighted by Crippen LogP contribution is -2.53. The van der Waals surface area contributed by atoms with Crippen molar-refractivity contribution in [2.75, 3.05) is 13.2 Å². The summed E-state index contributed by atoms with van der Waals surface area (Å²) >= 11 is 9.34. The number of carbonyl (C=O) groups is 2. The first kappa shape index (κ1) is 16.3. The van der Waals surface area contributed by atoms with Gasteiger partial charge >= 0.3 is 5.97 Å². The summed E-state index contributed by atoms with van der Waals surface area (Å²) in [5, 5.41) is 12.2. The van der Waals surface area contributed by atoms with Gasteiger partial charge in [-0.3, -0.25) is 9.59 Å². The van der Waals surface area contributed by atoms with Gasteiger partial charge in [0.15, 0.2) is 0 Å². The lowest BCUT2D eigenvalue weighted by atomic mass is 9.86. The number of aliphatic carboxylic acids is 1. The van der Waals surface area contributed by atoms with Crippen molar-refractivity contribution in [2.45, 2.75) is 24.8 Å². The van der Waals surface area contributed by atoms with Crippen molar-refractivity contribution in [1.82, 2.24) is 5.32 Å². The molecule has 0 radical (unpaired) electrons. The molecule has 0 spiro atoms. The van der Waals surface area contributed by atoms with Crippen molar-refractivity contribution in [1.29, 1.82) is 0 Å². The molecule has 7 heteroatoms. The van der Waals surface area contributed by atoms with E-state index < -0.39 is 11.5 Å². The molecule has 1 amide bonds. The van der Waals surface area contributed by atoms with E-state index in [0.717, 1.165) is 4.47 Å². The van der Waals surface area contributed by atoms with Gasteiger partial charge in [-0.25, -0.2) is 0 Å². The summed E-state index contributed by atoms with van der Waals surface area (Å²) in [6, 6.07) is 4.95. The van der Waals surface area contributed by atoms with Gasteiger partial charge in [-0.05, 0) is 31.0 Å². The summed E-state index contributed by atoms with van der Waals surface area (Å²) in [6.45, 7) is 0.864. The zero-order valence-electron chi connectivity index (χ0n) is 11.2. The fourth-order valence-corrected chi connectivity index (χ4v) is 3.14. The van der Waals surface area contributed by atoms with Gasteiger partial charge in [0.2, 0.25) is 0 Å². The number of hydrogen-bond acceptors (Lipinski definition) is 3. The Morgan fingerprint density at radius 3 is 2.62 bits per heavy atom. The quantitative estimate of drug-likeness (QED) is 0.847. The van der Waals surface area contributed by atoms with Crippen LogP contribution in [0.3, 0.4) is 0 Å². The third kappa shape index (κ3) is 4.18. The molecule has 2 N–H and O–H groups in total. The van der Waals surface area contributed by atoms with Crippen molar-refractivity contribution < 1.29 is 19.4 Å². The number of carbonyl (C=O) groups excluding carboxylic acids is 1. The Labute approximate surface area is 135 Å². The number of amides is 1. The molecule has 0 saturated carbocycles. The Morgan fingerprint density at radius 1 is 1.38 bits per heavy atom. The summed E-state index contributed by atoms with van der Waals surface area (Å²) in [5.74, 6) is -1.31. The molecule has 1 aromatic rings. The van der Waals surface area contributed by atoms with Crippen molar-refractivity contribution in [3.8, 4) is 0 Å². The van der Waals surface area contributed by atoms with Crippen LogP contribution in [-0.2, 0) is 9.53 Å². The lowest BCUT2D eigenvalue weighted by molar-refractivity contribution is -0.139. The highest BCUT2D eigenvalue weighted by atomic mass is 79.9. The second-order valence-corrected chi connectivity index (χ2v) is 6.36. The third-order valence-corrected chi connectivity index (χ3v) is 4.30. The first-order chi connectivity index (χ1) is 9.92. The molecule has 1 fully saturated rings. The van der Waals surface area contributed by atoms with Crippen LogP contribution < -0.4 is 5.32 Å². The van der Waals surface area contributed by atoms with Crippen molar-refractivity contribution >= 4 is 39.4 Å². The summed E-state index contributed by atoms with van der Waals surface area (Å²) in [6.07, 6.45) is 0.814. The fraction of sp³-hybridized carbons (Fsp3) is 0.429. The molecule has 21 heavy (non-hydrogen) atoms. The Kier molecular flexibility index (Phi) is 5.24. The molecule has 1 aliphatic heterocycles. The van der Waals surface area contributed by atoms with Crippen LogP contribution in [0.5, 0.6) is 0 Å². The average molecular weight is 377 g/mol. The monoisotopic (exact) mass is 375 g/mol. The topological polar surface area (TPSA) is 75.6 Å². The van der Waals surface area contributed by atoms with E-state index in [0.29, 0.717) is 36.6 Å². The van der Waals surface area contributed by atoms with Crippen LogP contribution in [0.1, 0.15) is 29.6 Å². The van der Waals surface area contributed by atoms with E-state index in [2.05, 4.69) is 21.2 Å². The number of hydrogen-bond donors (Lipinski definition) is 2. The van der Waals surface area contributed by atoms with E-state index in [1.807, 2.05) is 0 Å². The Hall–Kier alpha value is -1.11. The van der Waals surface area contributed by atoms with E-state index >= 15 is 0 Å². The van der Waals surface area contributed by atoms with Crippen LogP contribution in [0.25, 0.3) is 0 Å². The summed E-state index contributed by atoms with van der Waals surface area (Å²) in [5.41, 5.74) is -0.450. The summed E-state index contributed by atoms with van der Waals surface area (Å²) in [7, 11) is 0. The van der Waals surface area contributed by atoms with Gasteiger partial charge in [0, 0.05) is 17.7 Å². The minimum absolute atomic E-state index is 0.129. The van der Waals surface area contributed by atoms with Crippen LogP contribution in [0.15, 0.2) is 22.7 Å². The van der Waals surface area contributed by atoms with E-state index in [1.165, 1.54) is 0 Å². The van der Waals surface area contributed by atoms with Crippen molar-refractivity contribution in [3.05, 3.63) is 33.3 Å². The highest BCUT2D eigenvalue weighted by Crippen LogP contribution is 2.27. The van der Waals surface area contributed by atoms with E-state index in [-0.39, 0.29) is 12.3 Å². The predicted molar refractivity (Wildman–Crippen MR) is 81.7 cm³/mol. The molecule has 0 aliphatic carbocycles. The molecule has 1 aromatic carbocycles. The fourth-order valence-electron chi connectivity index (χ4n) is 2.38. The summed E-state index contributed by atoms with van der Waals surface area (Å²) in [4.78, 5) is 23.5. The van der Waals surface area contributed by atoms with Gasteiger partial charge in [-0.1, -0.05) is 27.5 Å². The normalized spacial score (nSPS) is 17.2. The lowest BCUT2D eigenvalue weighted by Gasteiger charge is -2.36. The maximum absolute atomic E-state index is 12.4. The molecule has 0 bridgehead atoms. The first-order valence-electron chi connectivity index (χ1n) is 6.49. The van der Waals surface area contributed by atoms with Gasteiger partial charge in [-0.15, -0.1) is 0 Å². The number of halogens is 2. The van der Waals surface area contributed by atoms with Crippen LogP contribution in [0.4, 0.5) is 0 Å². The van der Waals surface area contributed by atoms with Gasteiger partial charge in [-0.2, -0.15) is 0 Å². The summed E-state index contributed by atoms with van der Waals surface area (Å²) < 4.78 is 6.03. The zero-order chi connectivity index (χ0) is 15.5. The first-order valence-corrected chi connectivity index (χ1v) is 7.66. The molecule has 2 rings (SSSR count). The van der Waals surface area contributed by atoms with Gasteiger partial charge in [0.1, 0.15) is 0 Å². The molecule has 5 nitrogen and oxygen atoms in total. The third-order valence-electron chi connectivity index (χ3n) is 3.49. The second-order valence-electron chi connectivity index (χ2n) is 5.04. The highest BCUT2D eigenvalue weighted by molar-refractivity contribution is 9.10. The van der Waals surface area contributed by atoms with Gasteiger partial charge < -0.3 is 15.2 Å². The highest BCUT2D eigenvalue weighted by Gasteiger charge is 2.36. The van der Waals surface area contributed by atoms with Crippen molar-refractivity contribution in [2.24, 2.45) is 0 Å². The zero-order valence-corrected chi connectivity index (χ0v) is 13.5. The largest absolute Gasteiger partial charge is 0.481 e. The Balaban J connectivity index is 2.19. The Bertz CT molecular complexity index is 558. The molecule has 1 heterocycles. The number of rotatable bonds is 4. The van der Waals surface area contributed by atoms with Crippen LogP contribution in [0.2, 0.25) is 5.02 Å². The molecule has 0 unspecified atom stereocenters. The van der Waals surface area contributed by atoms with E-state index in [9.17, 15) is 9.59 Å². The van der Waals surface area contributed by atoms with Crippen LogP contribution in [-0.4, -0.2) is 35.7 Å². The molecule has 1 saturated heterocycles. The number of ether oxygens (including phenoxy) is 1. The standard InChI is InChI=1S/C14H15BrClNO4/c15-9-1-2-10(11(16)7-9)13(20)17-14(8-12(18)19)3-5-21-6-4-14/h1-2,7H,3-6,8H2,(H,17,20)(H,18,19). The minimum Gasteiger partial charge on any atom is -0.481 e. The number of nitrogens with one attached hydrogen (secondary N) is 1. The predicted octanol–water partition coefficient (Wildman–Crippen LogP) is 2.86. The van der Waals surface area contributed by atoms with Gasteiger partial charge in [0.05, 0.1) is 22.5 Å². The number of benzene rings is 1.